The molecule has 1 aromatic rings. The summed E-state index contributed by atoms with van der Waals surface area (Å²) in [6.07, 6.45) is 0. The highest BCUT2D eigenvalue weighted by Gasteiger charge is 2.11. The Kier molecular flexibility index (Phi) is 4.84. The van der Waals surface area contributed by atoms with Gasteiger partial charge in [0.25, 0.3) is 0 Å². The van der Waals surface area contributed by atoms with Gasteiger partial charge in [-0.15, -0.1) is 0 Å². The normalized spacial score (nSPS) is 11.3. The van der Waals surface area contributed by atoms with Gasteiger partial charge in [-0.1, -0.05) is 6.07 Å². The quantitative estimate of drug-likeness (QED) is 0.705. The van der Waals surface area contributed by atoms with Crippen LogP contribution < -0.4 is 10.6 Å². The van der Waals surface area contributed by atoms with Crippen LogP contribution in [0.15, 0.2) is 24.3 Å². The van der Waals surface area contributed by atoms with Crippen molar-refractivity contribution < 1.29 is 14.7 Å². The molecule has 94 valence electrons. The second-order valence-corrected chi connectivity index (χ2v) is 3.68. The number of aliphatic carboxylic acids is 1. The van der Waals surface area contributed by atoms with Gasteiger partial charge in [0.2, 0.25) is 5.91 Å². The van der Waals surface area contributed by atoms with Crippen molar-refractivity contribution >= 4 is 17.6 Å². The molecule has 0 bridgehead atoms. The zero-order valence-electron chi connectivity index (χ0n) is 9.80. The first-order valence-electron chi connectivity index (χ1n) is 5.29. The van der Waals surface area contributed by atoms with E-state index in [4.69, 9.17) is 10.4 Å². The third-order valence-electron chi connectivity index (χ3n) is 2.21. The molecule has 18 heavy (non-hydrogen) atoms. The molecular weight excluding hydrogens is 234 g/mol. The van der Waals surface area contributed by atoms with Crippen LogP contribution in [0.2, 0.25) is 0 Å². The number of carboxylic acid groups (broad SMARTS) is 1. The third-order valence-corrected chi connectivity index (χ3v) is 2.21. The molecule has 3 N–H and O–H groups in total. The van der Waals surface area contributed by atoms with Gasteiger partial charge < -0.3 is 10.4 Å². The Labute approximate surface area is 104 Å². The van der Waals surface area contributed by atoms with E-state index in [2.05, 4.69) is 10.6 Å². The Balaban J connectivity index is 2.50. The van der Waals surface area contributed by atoms with Crippen LogP contribution in [0.1, 0.15) is 12.5 Å². The number of hydrogen-bond acceptors (Lipinski definition) is 4. The van der Waals surface area contributed by atoms with Crippen molar-refractivity contribution in [1.82, 2.24) is 5.32 Å². The van der Waals surface area contributed by atoms with Crippen molar-refractivity contribution in [2.45, 2.75) is 13.0 Å². The number of nitrogens with zero attached hydrogens (tertiary/aromatic N) is 1. The lowest BCUT2D eigenvalue weighted by Crippen LogP contribution is -2.39. The van der Waals surface area contributed by atoms with E-state index < -0.39 is 12.0 Å². The minimum atomic E-state index is -1.02. The molecule has 0 aliphatic carbocycles. The summed E-state index contributed by atoms with van der Waals surface area (Å²) in [6.45, 7) is 1.34. The molecule has 0 saturated heterocycles. The van der Waals surface area contributed by atoms with Crippen LogP contribution in [0.4, 0.5) is 5.69 Å². The van der Waals surface area contributed by atoms with Gasteiger partial charge in [-0.05, 0) is 25.1 Å². The molecule has 0 radical (unpaired) electrons. The van der Waals surface area contributed by atoms with Crippen molar-refractivity contribution in [1.29, 1.82) is 5.26 Å². The number of benzene rings is 1. The Morgan fingerprint density at radius 3 is 2.83 bits per heavy atom. The fraction of sp³-hybridized carbons (Fsp3) is 0.250. The first-order valence-corrected chi connectivity index (χ1v) is 5.29. The lowest BCUT2D eigenvalue weighted by atomic mass is 10.2. The van der Waals surface area contributed by atoms with E-state index >= 15 is 0 Å². The molecule has 6 nitrogen and oxygen atoms in total. The molecule has 0 saturated carbocycles. The van der Waals surface area contributed by atoms with Gasteiger partial charge in [0.1, 0.15) is 6.04 Å². The predicted octanol–water partition coefficient (Wildman–Crippen LogP) is 0.559. The van der Waals surface area contributed by atoms with Crippen LogP contribution in [0, 0.1) is 11.3 Å². The van der Waals surface area contributed by atoms with Crippen LogP contribution in [0.5, 0.6) is 0 Å². The van der Waals surface area contributed by atoms with Crippen molar-refractivity contribution in [2.24, 2.45) is 0 Å². The number of rotatable bonds is 5. The minimum absolute atomic E-state index is 0.107. The maximum absolute atomic E-state index is 11.5. The van der Waals surface area contributed by atoms with Crippen molar-refractivity contribution in [3.63, 3.8) is 0 Å². The number of carbonyl (C=O) groups is 2. The van der Waals surface area contributed by atoms with E-state index in [-0.39, 0.29) is 12.5 Å². The Hall–Kier alpha value is -2.39. The average molecular weight is 247 g/mol. The summed E-state index contributed by atoms with van der Waals surface area (Å²) in [5.41, 5.74) is 0.948. The van der Waals surface area contributed by atoms with Crippen molar-refractivity contribution in [3.8, 4) is 6.07 Å². The molecule has 0 spiro atoms. The highest BCUT2D eigenvalue weighted by atomic mass is 16.4. The summed E-state index contributed by atoms with van der Waals surface area (Å²) in [6, 6.07) is 7.64. The molecule has 0 aliphatic rings. The summed E-state index contributed by atoms with van der Waals surface area (Å²) >= 11 is 0. The summed E-state index contributed by atoms with van der Waals surface area (Å²) < 4.78 is 0. The van der Waals surface area contributed by atoms with Crippen LogP contribution in [-0.2, 0) is 9.59 Å². The zero-order valence-corrected chi connectivity index (χ0v) is 9.80. The Morgan fingerprint density at radius 2 is 2.22 bits per heavy atom. The number of anilines is 1. The molecule has 1 atom stereocenters. The van der Waals surface area contributed by atoms with Crippen LogP contribution >= 0.6 is 0 Å². The van der Waals surface area contributed by atoms with Gasteiger partial charge in [-0.3, -0.25) is 14.9 Å². The molecule has 1 aromatic carbocycles. The average Bonchev–Trinajstić information content (AvgIpc) is 2.36. The van der Waals surface area contributed by atoms with E-state index in [0.717, 1.165) is 0 Å². The van der Waals surface area contributed by atoms with Crippen LogP contribution in [0.25, 0.3) is 0 Å². The van der Waals surface area contributed by atoms with Gasteiger partial charge in [0, 0.05) is 5.69 Å². The first-order chi connectivity index (χ1) is 8.52. The predicted molar refractivity (Wildman–Crippen MR) is 64.9 cm³/mol. The zero-order chi connectivity index (χ0) is 13.5. The molecular formula is C12H13N3O3. The number of nitriles is 1. The van der Waals surface area contributed by atoms with Crippen LogP contribution in [0.3, 0.4) is 0 Å². The molecule has 1 amide bonds. The fourth-order valence-electron chi connectivity index (χ4n) is 1.20. The summed E-state index contributed by atoms with van der Waals surface area (Å²) in [5.74, 6) is -1.38. The minimum Gasteiger partial charge on any atom is -0.480 e. The number of carboxylic acids is 1. The van der Waals surface area contributed by atoms with Gasteiger partial charge in [0.15, 0.2) is 0 Å². The summed E-state index contributed by atoms with van der Waals surface area (Å²) in [7, 11) is 0. The fourth-order valence-corrected chi connectivity index (χ4v) is 1.20. The SMILES string of the molecule is C[C@@H](NCC(=O)Nc1cccc(C#N)c1)C(=O)O. The molecule has 6 heteroatoms. The standard InChI is InChI=1S/C12H13N3O3/c1-8(12(17)18)14-7-11(16)15-10-4-2-3-9(5-10)6-13/h2-5,8,14H,7H2,1H3,(H,15,16)(H,17,18)/t8-/m1/s1. The smallest absolute Gasteiger partial charge is 0.320 e. The van der Waals surface area contributed by atoms with Gasteiger partial charge in [-0.2, -0.15) is 5.26 Å². The largest absolute Gasteiger partial charge is 0.480 e. The second kappa shape index (κ2) is 6.37. The second-order valence-electron chi connectivity index (χ2n) is 3.68. The summed E-state index contributed by atoms with van der Waals surface area (Å²) in [5, 5.41) is 22.4. The topological polar surface area (TPSA) is 102 Å². The first kappa shape index (κ1) is 13.7. The monoisotopic (exact) mass is 247 g/mol. The number of amides is 1. The van der Waals surface area contributed by atoms with Crippen LogP contribution in [-0.4, -0.2) is 29.6 Å². The maximum atomic E-state index is 11.5. The van der Waals surface area contributed by atoms with E-state index in [1.165, 1.54) is 6.92 Å². The molecule has 1 rings (SSSR count). The molecule has 0 aromatic heterocycles. The lowest BCUT2D eigenvalue weighted by Gasteiger charge is -2.09. The van der Waals surface area contributed by atoms with Gasteiger partial charge in [0.05, 0.1) is 18.2 Å². The Morgan fingerprint density at radius 1 is 1.50 bits per heavy atom. The van der Waals surface area contributed by atoms with Crippen molar-refractivity contribution in [2.75, 3.05) is 11.9 Å². The Bertz CT molecular complexity index is 494. The molecule has 0 aliphatic heterocycles. The van der Waals surface area contributed by atoms with E-state index in [0.29, 0.717) is 11.3 Å². The molecule has 0 fully saturated rings. The third kappa shape index (κ3) is 4.23. The van der Waals surface area contributed by atoms with E-state index in [9.17, 15) is 9.59 Å². The highest BCUT2D eigenvalue weighted by Crippen LogP contribution is 2.09. The highest BCUT2D eigenvalue weighted by molar-refractivity contribution is 5.92. The van der Waals surface area contributed by atoms with Gasteiger partial charge in [-0.25, -0.2) is 0 Å². The van der Waals surface area contributed by atoms with Gasteiger partial charge >= 0.3 is 5.97 Å². The van der Waals surface area contributed by atoms with E-state index in [1.807, 2.05) is 6.07 Å². The molecule has 0 heterocycles. The van der Waals surface area contributed by atoms with E-state index in [1.54, 1.807) is 24.3 Å². The molecule has 0 unspecified atom stereocenters. The maximum Gasteiger partial charge on any atom is 0.320 e. The summed E-state index contributed by atoms with van der Waals surface area (Å²) in [4.78, 5) is 22.0. The lowest BCUT2D eigenvalue weighted by molar-refractivity contribution is -0.139. The van der Waals surface area contributed by atoms with Crippen molar-refractivity contribution in [3.05, 3.63) is 29.8 Å². The number of carbonyl (C=O) groups excluding carboxylic acids is 1. The number of hydrogen-bond donors (Lipinski definition) is 3. The number of nitrogens with one attached hydrogen (secondary N) is 2.